The van der Waals surface area contributed by atoms with E-state index in [-0.39, 0.29) is 5.91 Å². The van der Waals surface area contributed by atoms with Gasteiger partial charge in [0.15, 0.2) is 0 Å². The van der Waals surface area contributed by atoms with Crippen molar-refractivity contribution >= 4 is 22.5 Å². The van der Waals surface area contributed by atoms with Gasteiger partial charge in [-0.1, -0.05) is 24.3 Å². The zero-order chi connectivity index (χ0) is 13.2. The van der Waals surface area contributed by atoms with E-state index < -0.39 is 0 Å². The number of aromatic nitrogens is 1. The van der Waals surface area contributed by atoms with Crippen molar-refractivity contribution in [2.45, 2.75) is 0 Å². The van der Waals surface area contributed by atoms with Gasteiger partial charge < -0.3 is 9.88 Å². The number of amides is 1. The third kappa shape index (κ3) is 2.22. The average molecular weight is 250 g/mol. The second kappa shape index (κ2) is 4.61. The normalized spacial score (nSPS) is 10.6. The molecule has 1 aromatic heterocycles. The van der Waals surface area contributed by atoms with Crippen LogP contribution in [0.5, 0.6) is 0 Å². The Bertz CT molecular complexity index is 729. The molecule has 3 heteroatoms. The topological polar surface area (TPSA) is 34.0 Å². The first-order chi connectivity index (χ1) is 9.24. The Morgan fingerprint density at radius 2 is 1.84 bits per heavy atom. The molecule has 1 heterocycles. The molecule has 94 valence electrons. The number of aryl methyl sites for hydroxylation is 1. The van der Waals surface area contributed by atoms with Gasteiger partial charge in [0.2, 0.25) is 0 Å². The van der Waals surface area contributed by atoms with Gasteiger partial charge in [0.25, 0.3) is 5.91 Å². The Morgan fingerprint density at radius 1 is 1.05 bits per heavy atom. The van der Waals surface area contributed by atoms with Gasteiger partial charge in [0, 0.05) is 30.0 Å². The van der Waals surface area contributed by atoms with E-state index in [1.165, 1.54) is 5.39 Å². The quantitative estimate of drug-likeness (QED) is 0.742. The monoisotopic (exact) mass is 250 g/mol. The smallest absolute Gasteiger partial charge is 0.255 e. The van der Waals surface area contributed by atoms with Crippen LogP contribution in [0.2, 0.25) is 0 Å². The van der Waals surface area contributed by atoms with Crippen molar-refractivity contribution in [2.24, 2.45) is 7.05 Å². The van der Waals surface area contributed by atoms with Crippen LogP contribution >= 0.6 is 0 Å². The van der Waals surface area contributed by atoms with Crippen LogP contribution in [0.3, 0.4) is 0 Å². The molecular formula is C16H14N2O. The minimum absolute atomic E-state index is 0.0887. The zero-order valence-electron chi connectivity index (χ0n) is 10.6. The predicted molar refractivity (Wildman–Crippen MR) is 77.3 cm³/mol. The van der Waals surface area contributed by atoms with E-state index >= 15 is 0 Å². The lowest BCUT2D eigenvalue weighted by Crippen LogP contribution is -2.11. The van der Waals surface area contributed by atoms with Gasteiger partial charge in [-0.3, -0.25) is 4.79 Å². The first kappa shape index (κ1) is 11.5. The van der Waals surface area contributed by atoms with E-state index in [0.717, 1.165) is 11.2 Å². The lowest BCUT2D eigenvalue weighted by molar-refractivity contribution is 0.102. The molecule has 0 aliphatic carbocycles. The number of anilines is 1. The van der Waals surface area contributed by atoms with Crippen LogP contribution < -0.4 is 5.32 Å². The van der Waals surface area contributed by atoms with Crippen molar-refractivity contribution in [3.8, 4) is 0 Å². The minimum atomic E-state index is -0.0887. The number of nitrogens with one attached hydrogen (secondary N) is 1. The molecule has 0 fully saturated rings. The maximum absolute atomic E-state index is 12.1. The third-order valence-corrected chi connectivity index (χ3v) is 3.18. The summed E-state index contributed by atoms with van der Waals surface area (Å²) in [5, 5.41) is 4.08. The minimum Gasteiger partial charge on any atom is -0.350 e. The third-order valence-electron chi connectivity index (χ3n) is 3.18. The van der Waals surface area contributed by atoms with Gasteiger partial charge in [0.1, 0.15) is 0 Å². The van der Waals surface area contributed by atoms with Gasteiger partial charge in [-0.15, -0.1) is 0 Å². The summed E-state index contributed by atoms with van der Waals surface area (Å²) in [7, 11) is 1.99. The Morgan fingerprint density at radius 3 is 2.63 bits per heavy atom. The Labute approximate surface area is 111 Å². The number of hydrogen-bond acceptors (Lipinski definition) is 1. The van der Waals surface area contributed by atoms with Crippen molar-refractivity contribution in [1.29, 1.82) is 0 Å². The molecule has 1 amide bonds. The number of carbonyl (C=O) groups is 1. The van der Waals surface area contributed by atoms with E-state index in [0.29, 0.717) is 5.56 Å². The van der Waals surface area contributed by atoms with Crippen LogP contribution in [0.4, 0.5) is 5.69 Å². The first-order valence-electron chi connectivity index (χ1n) is 6.15. The molecule has 0 bridgehead atoms. The Hall–Kier alpha value is -2.55. The molecule has 0 spiro atoms. The average Bonchev–Trinajstić information content (AvgIpc) is 2.81. The second-order valence-corrected chi connectivity index (χ2v) is 4.52. The molecule has 3 rings (SSSR count). The molecule has 0 radical (unpaired) electrons. The summed E-state index contributed by atoms with van der Waals surface area (Å²) in [6.45, 7) is 0. The van der Waals surface area contributed by atoms with Crippen molar-refractivity contribution < 1.29 is 4.79 Å². The highest BCUT2D eigenvalue weighted by atomic mass is 16.1. The van der Waals surface area contributed by atoms with E-state index in [9.17, 15) is 4.79 Å². The Balaban J connectivity index is 1.89. The van der Waals surface area contributed by atoms with Gasteiger partial charge in [-0.25, -0.2) is 0 Å². The Kier molecular flexibility index (Phi) is 2.80. The van der Waals surface area contributed by atoms with E-state index in [4.69, 9.17) is 0 Å². The van der Waals surface area contributed by atoms with Crippen molar-refractivity contribution in [2.75, 3.05) is 5.32 Å². The predicted octanol–water partition coefficient (Wildman–Crippen LogP) is 3.43. The summed E-state index contributed by atoms with van der Waals surface area (Å²) >= 11 is 0. The number of hydrogen-bond donors (Lipinski definition) is 1. The first-order valence-corrected chi connectivity index (χ1v) is 6.15. The highest BCUT2D eigenvalue weighted by Gasteiger charge is 2.06. The molecule has 0 unspecified atom stereocenters. The van der Waals surface area contributed by atoms with Crippen LogP contribution in [0.25, 0.3) is 10.9 Å². The summed E-state index contributed by atoms with van der Waals surface area (Å²) in [6.07, 6.45) is 2.01. The molecular weight excluding hydrogens is 236 g/mol. The molecule has 19 heavy (non-hydrogen) atoms. The lowest BCUT2D eigenvalue weighted by Gasteiger charge is -2.06. The molecule has 0 aliphatic heterocycles. The SMILES string of the molecule is Cn1ccc2ccc(NC(=O)c3ccccc3)cc21. The maximum atomic E-state index is 12.1. The van der Waals surface area contributed by atoms with Crippen molar-refractivity contribution in [3.05, 3.63) is 66.4 Å². The number of benzene rings is 2. The molecule has 0 atom stereocenters. The molecule has 0 saturated heterocycles. The molecule has 0 saturated carbocycles. The summed E-state index contributed by atoms with van der Waals surface area (Å²) < 4.78 is 2.04. The second-order valence-electron chi connectivity index (χ2n) is 4.52. The summed E-state index contributed by atoms with van der Waals surface area (Å²) in [4.78, 5) is 12.1. The van der Waals surface area contributed by atoms with Crippen molar-refractivity contribution in [3.63, 3.8) is 0 Å². The van der Waals surface area contributed by atoms with Crippen LogP contribution in [0.15, 0.2) is 60.8 Å². The highest BCUT2D eigenvalue weighted by molar-refractivity contribution is 6.05. The number of fused-ring (bicyclic) bond motifs is 1. The van der Waals surface area contributed by atoms with Gasteiger partial charge >= 0.3 is 0 Å². The zero-order valence-corrected chi connectivity index (χ0v) is 10.6. The lowest BCUT2D eigenvalue weighted by atomic mass is 10.2. The largest absolute Gasteiger partial charge is 0.350 e. The molecule has 3 aromatic rings. The van der Waals surface area contributed by atoms with E-state index in [2.05, 4.69) is 11.4 Å². The number of rotatable bonds is 2. The van der Waals surface area contributed by atoms with Gasteiger partial charge in [-0.2, -0.15) is 0 Å². The summed E-state index contributed by atoms with van der Waals surface area (Å²) in [5.41, 5.74) is 2.57. The van der Waals surface area contributed by atoms with E-state index in [1.54, 1.807) is 12.1 Å². The van der Waals surface area contributed by atoms with Crippen molar-refractivity contribution in [1.82, 2.24) is 4.57 Å². The van der Waals surface area contributed by atoms with Crippen LogP contribution in [-0.2, 0) is 7.05 Å². The molecule has 0 aliphatic rings. The standard InChI is InChI=1S/C16H14N2O/c1-18-10-9-12-7-8-14(11-15(12)18)17-16(19)13-5-3-2-4-6-13/h2-11H,1H3,(H,17,19). The molecule has 1 N–H and O–H groups in total. The van der Waals surface area contributed by atoms with E-state index in [1.807, 2.05) is 54.2 Å². The number of nitrogens with zero attached hydrogens (tertiary/aromatic N) is 1. The fourth-order valence-electron chi connectivity index (χ4n) is 2.13. The molecule has 2 aromatic carbocycles. The molecule has 3 nitrogen and oxygen atoms in total. The summed E-state index contributed by atoms with van der Waals surface area (Å²) in [5.74, 6) is -0.0887. The van der Waals surface area contributed by atoms with Crippen LogP contribution in [0, 0.1) is 0 Å². The maximum Gasteiger partial charge on any atom is 0.255 e. The van der Waals surface area contributed by atoms with Crippen LogP contribution in [-0.4, -0.2) is 10.5 Å². The van der Waals surface area contributed by atoms with Gasteiger partial charge in [-0.05, 0) is 35.7 Å². The number of carbonyl (C=O) groups excluding carboxylic acids is 1. The summed E-state index contributed by atoms with van der Waals surface area (Å²) in [6, 6.07) is 17.2. The van der Waals surface area contributed by atoms with Crippen LogP contribution in [0.1, 0.15) is 10.4 Å². The van der Waals surface area contributed by atoms with Gasteiger partial charge in [0.05, 0.1) is 0 Å². The fourth-order valence-corrected chi connectivity index (χ4v) is 2.13. The fraction of sp³-hybridized carbons (Fsp3) is 0.0625. The highest BCUT2D eigenvalue weighted by Crippen LogP contribution is 2.20.